The number of primary amides is 1. The minimum atomic E-state index is -4.70. The lowest BCUT2D eigenvalue weighted by molar-refractivity contribution is -0.137. The highest BCUT2D eigenvalue weighted by Crippen LogP contribution is 2.37. The molecule has 2 amide bonds. The Kier molecular flexibility index (Phi) is 7.14. The summed E-state index contributed by atoms with van der Waals surface area (Å²) in [4.78, 5) is 23.9. The number of carbonyl (C=O) groups is 2. The van der Waals surface area contributed by atoms with Gasteiger partial charge >= 0.3 is 6.18 Å². The largest absolute Gasteiger partial charge is 0.461 e. The van der Waals surface area contributed by atoms with Crippen LogP contribution in [0.15, 0.2) is 46.2 Å². The third kappa shape index (κ3) is 5.62. The van der Waals surface area contributed by atoms with Crippen molar-refractivity contribution in [2.24, 2.45) is 5.73 Å². The number of anilines is 1. The summed E-state index contributed by atoms with van der Waals surface area (Å²) in [6.07, 6.45) is -3.27. The molecule has 0 aliphatic heterocycles. The number of nitrogens with two attached hydrogens (primary N) is 1. The molecule has 3 rings (SSSR count). The van der Waals surface area contributed by atoms with Crippen LogP contribution in [0.2, 0.25) is 5.02 Å². The van der Waals surface area contributed by atoms with Crippen molar-refractivity contribution in [1.29, 1.82) is 0 Å². The summed E-state index contributed by atoms with van der Waals surface area (Å²) in [5.74, 6) is -0.523. The van der Waals surface area contributed by atoms with Gasteiger partial charge in [0.25, 0.3) is 0 Å². The number of hydrogen-bond donors (Lipinski definition) is 2. The molecule has 0 spiro atoms. The molecule has 2 aromatic heterocycles. The Morgan fingerprint density at radius 2 is 2.06 bits per heavy atom. The zero-order valence-electron chi connectivity index (χ0n) is 16.5. The van der Waals surface area contributed by atoms with E-state index in [0.717, 1.165) is 23.9 Å². The first-order chi connectivity index (χ1) is 15.1. The van der Waals surface area contributed by atoms with E-state index in [0.29, 0.717) is 11.6 Å². The lowest BCUT2D eigenvalue weighted by atomic mass is 10.1. The summed E-state index contributed by atoms with van der Waals surface area (Å²) < 4.78 is 46.7. The second-order valence-corrected chi connectivity index (χ2v) is 8.33. The number of nitrogens with one attached hydrogen (secondary N) is 1. The Labute approximate surface area is 189 Å². The van der Waals surface area contributed by atoms with Crippen molar-refractivity contribution in [3.63, 3.8) is 0 Å². The molecule has 0 aliphatic carbocycles. The number of amides is 2. The topological polar surface area (TPSA) is 116 Å². The van der Waals surface area contributed by atoms with Crippen molar-refractivity contribution >= 4 is 40.9 Å². The Morgan fingerprint density at radius 1 is 1.31 bits per heavy atom. The summed E-state index contributed by atoms with van der Waals surface area (Å²) in [7, 11) is 0. The first-order valence-electron chi connectivity index (χ1n) is 9.16. The Hall–Kier alpha value is -2.99. The van der Waals surface area contributed by atoms with Gasteiger partial charge in [0.2, 0.25) is 11.8 Å². The van der Waals surface area contributed by atoms with Crippen LogP contribution < -0.4 is 11.1 Å². The molecular weight excluding hydrogens is 471 g/mol. The minimum absolute atomic E-state index is 0.0143. The Morgan fingerprint density at radius 3 is 2.69 bits per heavy atom. The van der Waals surface area contributed by atoms with Crippen molar-refractivity contribution in [1.82, 2.24) is 14.8 Å². The van der Waals surface area contributed by atoms with Crippen molar-refractivity contribution in [2.45, 2.75) is 36.5 Å². The van der Waals surface area contributed by atoms with Crippen LogP contribution in [0.5, 0.6) is 0 Å². The molecule has 0 saturated heterocycles. The van der Waals surface area contributed by atoms with Gasteiger partial charge < -0.3 is 15.5 Å². The maximum Gasteiger partial charge on any atom is 0.418 e. The molecule has 0 aliphatic rings. The van der Waals surface area contributed by atoms with E-state index in [4.69, 9.17) is 21.8 Å². The third-order valence-corrected chi connectivity index (χ3v) is 5.55. The molecule has 1 aromatic carbocycles. The monoisotopic (exact) mass is 487 g/mol. The summed E-state index contributed by atoms with van der Waals surface area (Å²) in [6, 6.07) is 6.38. The molecular formula is C19H17ClF3N5O3S. The van der Waals surface area contributed by atoms with E-state index in [1.54, 1.807) is 16.7 Å². The van der Waals surface area contributed by atoms with Crippen LogP contribution >= 0.6 is 23.4 Å². The molecule has 8 nitrogen and oxygen atoms in total. The average molecular weight is 488 g/mol. The van der Waals surface area contributed by atoms with Gasteiger partial charge in [0.1, 0.15) is 0 Å². The number of aromatic nitrogens is 3. The predicted molar refractivity (Wildman–Crippen MR) is 112 cm³/mol. The van der Waals surface area contributed by atoms with Gasteiger partial charge in [-0.2, -0.15) is 13.2 Å². The molecule has 170 valence electrons. The van der Waals surface area contributed by atoms with E-state index < -0.39 is 34.5 Å². The van der Waals surface area contributed by atoms with Crippen LogP contribution in [0.3, 0.4) is 0 Å². The van der Waals surface area contributed by atoms with Crippen molar-refractivity contribution in [3.05, 3.63) is 47.2 Å². The number of thioether (sulfide) groups is 1. The van der Waals surface area contributed by atoms with Crippen molar-refractivity contribution < 1.29 is 27.2 Å². The second kappa shape index (κ2) is 9.65. The number of benzene rings is 1. The number of halogens is 4. The first-order valence-corrected chi connectivity index (χ1v) is 10.4. The Bertz CT molecular complexity index is 1120. The highest BCUT2D eigenvalue weighted by molar-refractivity contribution is 8.00. The van der Waals surface area contributed by atoms with Gasteiger partial charge in [-0.1, -0.05) is 23.4 Å². The maximum absolute atomic E-state index is 13.3. The molecule has 0 saturated carbocycles. The third-order valence-electron chi connectivity index (χ3n) is 4.24. The van der Waals surface area contributed by atoms with E-state index in [9.17, 15) is 22.8 Å². The van der Waals surface area contributed by atoms with Crippen LogP contribution in [0.4, 0.5) is 18.9 Å². The normalized spacial score (nSPS) is 12.5. The number of hydrogen-bond acceptors (Lipinski definition) is 6. The highest BCUT2D eigenvalue weighted by atomic mass is 35.5. The van der Waals surface area contributed by atoms with Crippen LogP contribution in [0, 0.1) is 0 Å². The Balaban J connectivity index is 1.81. The molecule has 2 heterocycles. The molecule has 0 bridgehead atoms. The molecule has 0 fully saturated rings. The van der Waals surface area contributed by atoms with Gasteiger partial charge in [-0.15, -0.1) is 10.2 Å². The maximum atomic E-state index is 13.3. The fourth-order valence-electron chi connectivity index (χ4n) is 2.69. The number of furan rings is 1. The number of alkyl halides is 3. The van der Waals surface area contributed by atoms with Crippen LogP contribution in [-0.2, 0) is 22.3 Å². The van der Waals surface area contributed by atoms with Gasteiger partial charge in [0.15, 0.2) is 16.7 Å². The van der Waals surface area contributed by atoms with Gasteiger partial charge in [-0.05, 0) is 37.3 Å². The lowest BCUT2D eigenvalue weighted by Crippen LogP contribution is -2.25. The molecule has 1 atom stereocenters. The molecule has 0 unspecified atom stereocenters. The molecule has 32 heavy (non-hydrogen) atoms. The first kappa shape index (κ1) is 23.7. The van der Waals surface area contributed by atoms with E-state index in [1.807, 2.05) is 0 Å². The summed E-state index contributed by atoms with van der Waals surface area (Å²) in [6.45, 7) is 1.63. The highest BCUT2D eigenvalue weighted by Gasteiger charge is 2.34. The van der Waals surface area contributed by atoms with E-state index in [1.165, 1.54) is 19.3 Å². The quantitative estimate of drug-likeness (QED) is 0.460. The predicted octanol–water partition coefficient (Wildman–Crippen LogP) is 4.21. The van der Waals surface area contributed by atoms with Crippen LogP contribution in [0.1, 0.15) is 18.9 Å². The van der Waals surface area contributed by atoms with Gasteiger partial charge in [0, 0.05) is 18.0 Å². The fourth-order valence-corrected chi connectivity index (χ4v) is 3.74. The zero-order valence-corrected chi connectivity index (χ0v) is 18.1. The molecule has 3 N–H and O–H groups in total. The molecule has 13 heteroatoms. The number of rotatable bonds is 8. The van der Waals surface area contributed by atoms with Gasteiger partial charge in [0.05, 0.1) is 22.8 Å². The summed E-state index contributed by atoms with van der Waals surface area (Å²) >= 11 is 6.63. The summed E-state index contributed by atoms with van der Waals surface area (Å²) in [5.41, 5.74) is 3.77. The van der Waals surface area contributed by atoms with E-state index >= 15 is 0 Å². The second-order valence-electron chi connectivity index (χ2n) is 6.59. The van der Waals surface area contributed by atoms with E-state index in [-0.39, 0.29) is 23.1 Å². The zero-order chi connectivity index (χ0) is 23.5. The standard InChI is InChI=1S/C19H17ClF3N5O3S/c1-10(17(30)25-13-5-4-11(20)9-12(13)19(21,22)23)32-18-27-26-16(14-3-2-8-31-14)28(18)7-6-15(24)29/h2-5,8-10H,6-7H2,1H3,(H2,24,29)(H,25,30)/t10-/m1/s1. The number of carbonyl (C=O) groups excluding carboxylic acids is 2. The molecule has 0 radical (unpaired) electrons. The number of nitrogens with zero attached hydrogens (tertiary/aromatic N) is 3. The van der Waals surface area contributed by atoms with Crippen LogP contribution in [-0.4, -0.2) is 31.8 Å². The van der Waals surface area contributed by atoms with Gasteiger partial charge in [-0.25, -0.2) is 0 Å². The SMILES string of the molecule is C[C@@H](Sc1nnc(-c2ccco2)n1CCC(N)=O)C(=O)Nc1ccc(Cl)cc1C(F)(F)F. The fraction of sp³-hybridized carbons (Fsp3) is 0.263. The van der Waals surface area contributed by atoms with Crippen LogP contribution in [0.25, 0.3) is 11.6 Å². The van der Waals surface area contributed by atoms with Crippen molar-refractivity contribution in [3.8, 4) is 11.6 Å². The lowest BCUT2D eigenvalue weighted by Gasteiger charge is -2.17. The summed E-state index contributed by atoms with van der Waals surface area (Å²) in [5, 5.41) is 9.67. The van der Waals surface area contributed by atoms with Crippen molar-refractivity contribution in [2.75, 3.05) is 5.32 Å². The molecule has 3 aromatic rings. The average Bonchev–Trinajstić information content (AvgIpc) is 3.36. The van der Waals surface area contributed by atoms with Gasteiger partial charge in [-0.3, -0.25) is 14.2 Å². The minimum Gasteiger partial charge on any atom is -0.461 e. The smallest absolute Gasteiger partial charge is 0.418 e. The van der Waals surface area contributed by atoms with E-state index in [2.05, 4.69) is 15.5 Å².